The summed E-state index contributed by atoms with van der Waals surface area (Å²) in [6, 6.07) is 7.41. The van der Waals surface area contributed by atoms with Crippen LogP contribution < -0.4 is 10.5 Å². The van der Waals surface area contributed by atoms with Crippen molar-refractivity contribution in [3.63, 3.8) is 0 Å². The summed E-state index contributed by atoms with van der Waals surface area (Å²) in [4.78, 5) is 0. The maximum absolute atomic E-state index is 7.46. The molecule has 0 fully saturated rings. The van der Waals surface area contributed by atoms with Crippen LogP contribution in [0.4, 0.5) is 0 Å². The number of para-hydroxylation sites is 1. The summed E-state index contributed by atoms with van der Waals surface area (Å²) in [6.45, 7) is 6.37. The molecule has 0 aromatic heterocycles. The standard InChI is InChI=1S/C13H20N2O/c1-9(2)8-10(3)16-12-7-5-4-6-11(12)13(14)15/h4-7,9-10H,8H2,1-3H3,(H3,14,15). The second-order valence-corrected chi connectivity index (χ2v) is 4.47. The van der Waals surface area contributed by atoms with Crippen LogP contribution in [0.5, 0.6) is 5.75 Å². The second kappa shape index (κ2) is 5.54. The number of ether oxygens (including phenoxy) is 1. The van der Waals surface area contributed by atoms with Crippen LogP contribution in [0.1, 0.15) is 32.8 Å². The SMILES string of the molecule is CC(C)CC(C)Oc1ccccc1C(=N)N. The van der Waals surface area contributed by atoms with Crippen molar-refractivity contribution in [2.45, 2.75) is 33.3 Å². The molecule has 0 spiro atoms. The van der Waals surface area contributed by atoms with E-state index in [1.54, 1.807) is 6.07 Å². The van der Waals surface area contributed by atoms with E-state index in [2.05, 4.69) is 13.8 Å². The van der Waals surface area contributed by atoms with Crippen molar-refractivity contribution < 1.29 is 4.74 Å². The Morgan fingerprint density at radius 3 is 2.50 bits per heavy atom. The minimum atomic E-state index is 0.0485. The molecule has 0 bridgehead atoms. The summed E-state index contributed by atoms with van der Waals surface area (Å²) in [7, 11) is 0. The van der Waals surface area contributed by atoms with E-state index < -0.39 is 0 Å². The summed E-state index contributed by atoms with van der Waals surface area (Å²) in [6.07, 6.45) is 1.13. The molecule has 3 N–H and O–H groups in total. The topological polar surface area (TPSA) is 59.1 Å². The quantitative estimate of drug-likeness (QED) is 0.592. The third-order valence-corrected chi connectivity index (χ3v) is 2.31. The third kappa shape index (κ3) is 3.57. The Morgan fingerprint density at radius 2 is 1.94 bits per heavy atom. The number of nitrogens with one attached hydrogen (secondary N) is 1. The van der Waals surface area contributed by atoms with Gasteiger partial charge in [0, 0.05) is 0 Å². The van der Waals surface area contributed by atoms with Gasteiger partial charge in [0.2, 0.25) is 0 Å². The molecule has 1 aromatic rings. The predicted molar refractivity (Wildman–Crippen MR) is 67.0 cm³/mol. The highest BCUT2D eigenvalue weighted by atomic mass is 16.5. The van der Waals surface area contributed by atoms with E-state index in [1.165, 1.54) is 0 Å². The zero-order chi connectivity index (χ0) is 12.1. The summed E-state index contributed by atoms with van der Waals surface area (Å²) < 4.78 is 5.80. The van der Waals surface area contributed by atoms with Gasteiger partial charge in [0.1, 0.15) is 11.6 Å². The molecule has 0 aliphatic carbocycles. The van der Waals surface area contributed by atoms with Gasteiger partial charge in [0.25, 0.3) is 0 Å². The Labute approximate surface area is 97.1 Å². The molecule has 16 heavy (non-hydrogen) atoms. The normalized spacial score (nSPS) is 12.5. The van der Waals surface area contributed by atoms with Crippen molar-refractivity contribution in [3.05, 3.63) is 29.8 Å². The smallest absolute Gasteiger partial charge is 0.130 e. The van der Waals surface area contributed by atoms with Gasteiger partial charge in [-0.1, -0.05) is 26.0 Å². The Kier molecular flexibility index (Phi) is 4.35. The van der Waals surface area contributed by atoms with Crippen molar-refractivity contribution in [2.24, 2.45) is 11.7 Å². The van der Waals surface area contributed by atoms with Gasteiger partial charge in [-0.15, -0.1) is 0 Å². The number of nitrogens with two attached hydrogens (primary N) is 1. The summed E-state index contributed by atoms with van der Waals surface area (Å²) in [5.74, 6) is 1.34. The van der Waals surface area contributed by atoms with Crippen LogP contribution in [0.15, 0.2) is 24.3 Å². The van der Waals surface area contributed by atoms with Gasteiger partial charge in [0.15, 0.2) is 0 Å². The number of hydrogen-bond donors (Lipinski definition) is 2. The Balaban J connectivity index is 2.76. The molecule has 0 aliphatic heterocycles. The molecule has 1 aromatic carbocycles. The van der Waals surface area contributed by atoms with Gasteiger partial charge >= 0.3 is 0 Å². The first-order chi connectivity index (χ1) is 7.50. The van der Waals surface area contributed by atoms with Crippen LogP contribution in [0.2, 0.25) is 0 Å². The zero-order valence-electron chi connectivity index (χ0n) is 10.2. The van der Waals surface area contributed by atoms with Crippen LogP contribution >= 0.6 is 0 Å². The molecular formula is C13H20N2O. The van der Waals surface area contributed by atoms with Crippen molar-refractivity contribution in [1.82, 2.24) is 0 Å². The minimum Gasteiger partial charge on any atom is -0.490 e. The van der Waals surface area contributed by atoms with Gasteiger partial charge in [-0.05, 0) is 31.4 Å². The van der Waals surface area contributed by atoms with Crippen molar-refractivity contribution in [1.29, 1.82) is 5.41 Å². The molecule has 0 saturated carbocycles. The Bertz CT molecular complexity index is 361. The van der Waals surface area contributed by atoms with Gasteiger partial charge < -0.3 is 10.5 Å². The van der Waals surface area contributed by atoms with Gasteiger partial charge in [-0.2, -0.15) is 0 Å². The average molecular weight is 220 g/mol. The minimum absolute atomic E-state index is 0.0485. The number of nitrogen functional groups attached to an aromatic ring is 1. The van der Waals surface area contributed by atoms with Crippen molar-refractivity contribution in [3.8, 4) is 5.75 Å². The van der Waals surface area contributed by atoms with Crippen LogP contribution in [0, 0.1) is 11.3 Å². The summed E-state index contributed by atoms with van der Waals surface area (Å²) >= 11 is 0. The lowest BCUT2D eigenvalue weighted by Crippen LogP contribution is -2.18. The van der Waals surface area contributed by atoms with Gasteiger partial charge in [-0.3, -0.25) is 5.41 Å². The number of rotatable bonds is 5. The molecule has 1 unspecified atom stereocenters. The van der Waals surface area contributed by atoms with E-state index in [4.69, 9.17) is 15.9 Å². The fourth-order valence-corrected chi connectivity index (χ4v) is 1.72. The highest BCUT2D eigenvalue weighted by Crippen LogP contribution is 2.20. The van der Waals surface area contributed by atoms with Crippen molar-refractivity contribution in [2.75, 3.05) is 0 Å². The monoisotopic (exact) mass is 220 g/mol. The molecule has 3 heteroatoms. The van der Waals surface area contributed by atoms with Crippen LogP contribution in [-0.2, 0) is 0 Å². The fraction of sp³-hybridized carbons (Fsp3) is 0.462. The zero-order valence-corrected chi connectivity index (χ0v) is 10.2. The lowest BCUT2D eigenvalue weighted by Gasteiger charge is -2.18. The molecule has 88 valence electrons. The van der Waals surface area contributed by atoms with Crippen molar-refractivity contribution >= 4 is 5.84 Å². The Hall–Kier alpha value is -1.51. The first-order valence-corrected chi connectivity index (χ1v) is 5.60. The largest absolute Gasteiger partial charge is 0.490 e. The molecule has 0 amide bonds. The summed E-state index contributed by atoms with van der Waals surface area (Å²) in [5.41, 5.74) is 6.16. The molecule has 1 rings (SSSR count). The van der Waals surface area contributed by atoms with E-state index in [9.17, 15) is 0 Å². The highest BCUT2D eigenvalue weighted by Gasteiger charge is 2.10. The second-order valence-electron chi connectivity index (χ2n) is 4.47. The fourth-order valence-electron chi connectivity index (χ4n) is 1.72. The van der Waals surface area contributed by atoms with E-state index in [0.29, 0.717) is 17.2 Å². The predicted octanol–water partition coefficient (Wildman–Crippen LogP) is 2.78. The van der Waals surface area contributed by atoms with E-state index in [0.717, 1.165) is 6.42 Å². The molecular weight excluding hydrogens is 200 g/mol. The number of benzene rings is 1. The summed E-state index contributed by atoms with van der Waals surface area (Å²) in [5, 5.41) is 7.46. The third-order valence-electron chi connectivity index (χ3n) is 2.31. The molecule has 0 saturated heterocycles. The van der Waals surface area contributed by atoms with E-state index in [-0.39, 0.29) is 11.9 Å². The highest BCUT2D eigenvalue weighted by molar-refractivity contribution is 5.97. The number of amidine groups is 1. The maximum Gasteiger partial charge on any atom is 0.130 e. The van der Waals surface area contributed by atoms with Gasteiger partial charge in [-0.25, -0.2) is 0 Å². The molecule has 0 aliphatic rings. The molecule has 0 heterocycles. The maximum atomic E-state index is 7.46. The first kappa shape index (κ1) is 12.6. The van der Waals surface area contributed by atoms with Crippen LogP contribution in [0.3, 0.4) is 0 Å². The lowest BCUT2D eigenvalue weighted by molar-refractivity contribution is 0.193. The Morgan fingerprint density at radius 1 is 1.31 bits per heavy atom. The van der Waals surface area contributed by atoms with Gasteiger partial charge in [0.05, 0.1) is 11.7 Å². The van der Waals surface area contributed by atoms with E-state index in [1.807, 2.05) is 25.1 Å². The first-order valence-electron chi connectivity index (χ1n) is 5.60. The van der Waals surface area contributed by atoms with Crippen LogP contribution in [-0.4, -0.2) is 11.9 Å². The molecule has 0 radical (unpaired) electrons. The van der Waals surface area contributed by atoms with Crippen LogP contribution in [0.25, 0.3) is 0 Å². The lowest BCUT2D eigenvalue weighted by atomic mass is 10.1. The van der Waals surface area contributed by atoms with E-state index >= 15 is 0 Å². The number of hydrogen-bond acceptors (Lipinski definition) is 2. The molecule has 1 atom stereocenters. The molecule has 3 nitrogen and oxygen atoms in total. The average Bonchev–Trinajstić information content (AvgIpc) is 2.16.